The predicted molar refractivity (Wildman–Crippen MR) is 72.6 cm³/mol. The maximum atomic E-state index is 11.7. The number of ketones is 2. The highest BCUT2D eigenvalue weighted by Gasteiger charge is 2.16. The van der Waals surface area contributed by atoms with Gasteiger partial charge in [0.05, 0.1) is 12.2 Å². The van der Waals surface area contributed by atoms with Gasteiger partial charge in [-0.15, -0.1) is 11.8 Å². The summed E-state index contributed by atoms with van der Waals surface area (Å²) in [6, 6.07) is 8.95. The molecule has 1 aromatic rings. The van der Waals surface area contributed by atoms with Gasteiger partial charge in [0.15, 0.2) is 5.78 Å². The van der Waals surface area contributed by atoms with Crippen LogP contribution in [0.25, 0.3) is 0 Å². The Morgan fingerprint density at radius 2 is 1.71 bits per heavy atom. The molecule has 92 valence electrons. The molecule has 2 nitrogen and oxygen atoms in total. The number of Topliss-reactive ketones (excluding diaryl/α,β-unsaturated/α-hetero) is 2. The molecule has 17 heavy (non-hydrogen) atoms. The third kappa shape index (κ3) is 5.68. The zero-order chi connectivity index (χ0) is 12.9. The van der Waals surface area contributed by atoms with E-state index in [9.17, 15) is 9.59 Å². The van der Waals surface area contributed by atoms with E-state index in [4.69, 9.17) is 0 Å². The first-order valence-corrected chi connectivity index (χ1v) is 6.61. The van der Waals surface area contributed by atoms with Crippen molar-refractivity contribution in [1.29, 1.82) is 0 Å². The first-order chi connectivity index (χ1) is 7.88. The smallest absolute Gasteiger partial charge is 0.170 e. The number of carbonyl (C=O) groups excluding carboxylic acids is 2. The maximum Gasteiger partial charge on any atom is 0.170 e. The summed E-state index contributed by atoms with van der Waals surface area (Å²) >= 11 is 1.58. The standard InChI is InChI=1S/C14H18O2S/c1-14(2,3)17-10-12(15)9-13(16)11-7-5-4-6-8-11/h4-8H,9-10H2,1-3H3. The second-order valence-corrected chi connectivity index (χ2v) is 6.71. The molecule has 0 aliphatic rings. The van der Waals surface area contributed by atoms with Gasteiger partial charge in [0.2, 0.25) is 0 Å². The summed E-state index contributed by atoms with van der Waals surface area (Å²) in [6.07, 6.45) is 0.00704. The monoisotopic (exact) mass is 250 g/mol. The Morgan fingerprint density at radius 1 is 1.12 bits per heavy atom. The van der Waals surface area contributed by atoms with E-state index in [1.165, 1.54) is 0 Å². The zero-order valence-electron chi connectivity index (χ0n) is 10.5. The lowest BCUT2D eigenvalue weighted by molar-refractivity contribution is -0.115. The van der Waals surface area contributed by atoms with Crippen LogP contribution in [0.2, 0.25) is 0 Å². The molecule has 0 N–H and O–H groups in total. The van der Waals surface area contributed by atoms with Gasteiger partial charge in [-0.05, 0) is 0 Å². The fourth-order valence-corrected chi connectivity index (χ4v) is 1.95. The average molecular weight is 250 g/mol. The maximum absolute atomic E-state index is 11.7. The van der Waals surface area contributed by atoms with Crippen LogP contribution in [0, 0.1) is 0 Å². The summed E-state index contributed by atoms with van der Waals surface area (Å²) < 4.78 is 0.0610. The molecule has 0 bridgehead atoms. The fraction of sp³-hybridized carbons (Fsp3) is 0.429. The molecule has 0 unspecified atom stereocenters. The molecule has 0 spiro atoms. The van der Waals surface area contributed by atoms with Crippen molar-refractivity contribution >= 4 is 23.3 Å². The predicted octanol–water partition coefficient (Wildman–Crippen LogP) is 3.36. The van der Waals surface area contributed by atoms with Crippen molar-refractivity contribution in [3.05, 3.63) is 35.9 Å². The molecule has 0 atom stereocenters. The molecule has 0 saturated heterocycles. The van der Waals surface area contributed by atoms with E-state index in [0.717, 1.165) is 0 Å². The highest BCUT2D eigenvalue weighted by Crippen LogP contribution is 2.23. The fourth-order valence-electron chi connectivity index (χ4n) is 1.25. The lowest BCUT2D eigenvalue weighted by atomic mass is 10.1. The van der Waals surface area contributed by atoms with Gasteiger partial charge in [0.1, 0.15) is 5.78 Å². The van der Waals surface area contributed by atoms with Crippen LogP contribution >= 0.6 is 11.8 Å². The summed E-state index contributed by atoms with van der Waals surface area (Å²) in [5.74, 6) is 0.311. The summed E-state index contributed by atoms with van der Waals surface area (Å²) in [6.45, 7) is 6.18. The Labute approximate surface area is 107 Å². The van der Waals surface area contributed by atoms with Gasteiger partial charge in [-0.1, -0.05) is 51.1 Å². The molecule has 0 aromatic heterocycles. The zero-order valence-corrected chi connectivity index (χ0v) is 11.3. The number of hydrogen-bond donors (Lipinski definition) is 0. The summed E-state index contributed by atoms with van der Waals surface area (Å²) in [5.41, 5.74) is 0.613. The number of carbonyl (C=O) groups is 2. The van der Waals surface area contributed by atoms with Gasteiger partial charge in [0, 0.05) is 10.3 Å². The Balaban J connectivity index is 2.45. The minimum Gasteiger partial charge on any atom is -0.298 e. The van der Waals surface area contributed by atoms with Crippen molar-refractivity contribution in [3.8, 4) is 0 Å². The van der Waals surface area contributed by atoms with Gasteiger partial charge in [-0.2, -0.15) is 0 Å². The van der Waals surface area contributed by atoms with Crippen LogP contribution in [-0.2, 0) is 4.79 Å². The second-order valence-electron chi connectivity index (χ2n) is 4.91. The molecule has 0 radical (unpaired) electrons. The van der Waals surface area contributed by atoms with Crippen LogP contribution in [0.1, 0.15) is 37.6 Å². The summed E-state index contributed by atoms with van der Waals surface area (Å²) in [4.78, 5) is 23.4. The van der Waals surface area contributed by atoms with Crippen LogP contribution < -0.4 is 0 Å². The lowest BCUT2D eigenvalue weighted by Crippen LogP contribution is -2.15. The van der Waals surface area contributed by atoms with E-state index in [0.29, 0.717) is 11.3 Å². The molecule has 0 fully saturated rings. The van der Waals surface area contributed by atoms with E-state index in [1.54, 1.807) is 23.9 Å². The molecular formula is C14H18O2S. The van der Waals surface area contributed by atoms with E-state index < -0.39 is 0 Å². The van der Waals surface area contributed by atoms with Gasteiger partial charge in [-0.3, -0.25) is 9.59 Å². The molecular weight excluding hydrogens is 232 g/mol. The lowest BCUT2D eigenvalue weighted by Gasteiger charge is -2.16. The third-order valence-electron chi connectivity index (χ3n) is 2.12. The summed E-state index contributed by atoms with van der Waals surface area (Å²) in [7, 11) is 0. The Bertz CT molecular complexity index is 390. The van der Waals surface area contributed by atoms with E-state index >= 15 is 0 Å². The van der Waals surface area contributed by atoms with Crippen LogP contribution in [0.5, 0.6) is 0 Å². The third-order valence-corrected chi connectivity index (χ3v) is 3.45. The minimum atomic E-state index is -0.0925. The molecule has 3 heteroatoms. The van der Waals surface area contributed by atoms with Gasteiger partial charge < -0.3 is 0 Å². The van der Waals surface area contributed by atoms with Crippen molar-refractivity contribution in [3.63, 3.8) is 0 Å². The number of rotatable bonds is 5. The molecule has 0 amide bonds. The van der Waals surface area contributed by atoms with Crippen molar-refractivity contribution in [2.45, 2.75) is 31.9 Å². The number of thioether (sulfide) groups is 1. The van der Waals surface area contributed by atoms with Crippen LogP contribution in [0.15, 0.2) is 30.3 Å². The number of benzene rings is 1. The van der Waals surface area contributed by atoms with Gasteiger partial charge in [0.25, 0.3) is 0 Å². The SMILES string of the molecule is CC(C)(C)SCC(=O)CC(=O)c1ccccc1. The summed E-state index contributed by atoms with van der Waals surface area (Å²) in [5, 5.41) is 0. The Hall–Kier alpha value is -1.09. The average Bonchev–Trinajstić information content (AvgIpc) is 2.27. The Kier molecular flexibility index (Phi) is 4.94. The first kappa shape index (κ1) is 14.0. The largest absolute Gasteiger partial charge is 0.298 e. The molecule has 0 aliphatic carbocycles. The molecule has 1 aromatic carbocycles. The van der Waals surface area contributed by atoms with Gasteiger partial charge >= 0.3 is 0 Å². The van der Waals surface area contributed by atoms with Crippen molar-refractivity contribution in [1.82, 2.24) is 0 Å². The Morgan fingerprint density at radius 3 is 2.24 bits per heavy atom. The van der Waals surface area contributed by atoms with Crippen molar-refractivity contribution in [2.75, 3.05) is 5.75 Å². The van der Waals surface area contributed by atoms with E-state index in [-0.39, 0.29) is 22.7 Å². The molecule has 0 heterocycles. The first-order valence-electron chi connectivity index (χ1n) is 5.62. The van der Waals surface area contributed by atoms with Crippen LogP contribution in [0.3, 0.4) is 0 Å². The number of hydrogen-bond acceptors (Lipinski definition) is 3. The molecule has 0 aliphatic heterocycles. The quantitative estimate of drug-likeness (QED) is 0.593. The van der Waals surface area contributed by atoms with Crippen molar-refractivity contribution < 1.29 is 9.59 Å². The highest BCUT2D eigenvalue weighted by atomic mass is 32.2. The second kappa shape index (κ2) is 6.01. The van der Waals surface area contributed by atoms with E-state index in [1.807, 2.05) is 18.2 Å². The van der Waals surface area contributed by atoms with Gasteiger partial charge in [-0.25, -0.2) is 0 Å². The van der Waals surface area contributed by atoms with E-state index in [2.05, 4.69) is 20.8 Å². The highest BCUT2D eigenvalue weighted by molar-refractivity contribution is 8.01. The minimum absolute atomic E-state index is 0.00113. The normalized spacial score (nSPS) is 11.2. The van der Waals surface area contributed by atoms with Crippen LogP contribution in [0.4, 0.5) is 0 Å². The van der Waals surface area contributed by atoms with Crippen LogP contribution in [-0.4, -0.2) is 22.1 Å². The van der Waals surface area contributed by atoms with Crippen molar-refractivity contribution in [2.24, 2.45) is 0 Å². The topological polar surface area (TPSA) is 34.1 Å². The molecule has 1 rings (SSSR count). The molecule has 0 saturated carbocycles.